The number of carbonyl (C=O) groups is 1. The molecule has 0 amide bonds. The summed E-state index contributed by atoms with van der Waals surface area (Å²) in [6.45, 7) is 11.3. The molecule has 5 aliphatic heterocycles. The molecule has 152 valence electrons. The number of rotatable bonds is 1. The first-order valence-electron chi connectivity index (χ1n) is 10.8. The summed E-state index contributed by atoms with van der Waals surface area (Å²) in [6, 6.07) is 0. The molecule has 0 unspecified atom stereocenters. The van der Waals surface area contributed by atoms with Gasteiger partial charge in [0, 0.05) is 32.1 Å². The molecule has 4 bridgehead atoms. The fraction of sp³-hybridized carbons (Fsp3) is 0.955. The molecule has 5 nitrogen and oxygen atoms in total. The van der Waals surface area contributed by atoms with Gasteiger partial charge in [-0.25, -0.2) is 0 Å². The van der Waals surface area contributed by atoms with Gasteiger partial charge in [0.1, 0.15) is 6.10 Å². The molecule has 0 aromatic rings. The fourth-order valence-corrected chi connectivity index (χ4v) is 7.29. The van der Waals surface area contributed by atoms with E-state index in [0.717, 1.165) is 32.3 Å². The molecule has 27 heavy (non-hydrogen) atoms. The number of esters is 1. The van der Waals surface area contributed by atoms with E-state index in [-0.39, 0.29) is 47.5 Å². The summed E-state index contributed by atoms with van der Waals surface area (Å²) in [6.07, 6.45) is 4.31. The van der Waals surface area contributed by atoms with Crippen molar-refractivity contribution in [3.05, 3.63) is 0 Å². The molecule has 0 spiro atoms. The van der Waals surface area contributed by atoms with E-state index in [1.54, 1.807) is 0 Å². The van der Waals surface area contributed by atoms with Gasteiger partial charge >= 0.3 is 5.97 Å². The average molecular weight is 379 g/mol. The normalized spacial score (nSPS) is 58.9. The first-order valence-corrected chi connectivity index (χ1v) is 10.8. The maximum absolute atomic E-state index is 11.9. The van der Waals surface area contributed by atoms with Crippen molar-refractivity contribution in [2.45, 2.75) is 95.9 Å². The van der Waals surface area contributed by atoms with Gasteiger partial charge in [-0.15, -0.1) is 0 Å². The monoisotopic (exact) mass is 378 g/mol. The van der Waals surface area contributed by atoms with Crippen LogP contribution in [0.5, 0.6) is 0 Å². The second-order valence-electron chi connectivity index (χ2n) is 10.6. The van der Waals surface area contributed by atoms with E-state index in [4.69, 9.17) is 18.9 Å². The highest BCUT2D eigenvalue weighted by molar-refractivity contribution is 5.66. The van der Waals surface area contributed by atoms with Crippen LogP contribution in [0.3, 0.4) is 0 Å². The number of carbonyl (C=O) groups excluding carboxylic acids is 1. The minimum Gasteiger partial charge on any atom is -0.462 e. The molecule has 0 N–H and O–H groups in total. The molecular weight excluding hydrogens is 344 g/mol. The molecule has 0 aromatic carbocycles. The van der Waals surface area contributed by atoms with Crippen LogP contribution in [0, 0.1) is 29.6 Å². The highest BCUT2D eigenvalue weighted by Gasteiger charge is 2.66. The van der Waals surface area contributed by atoms with Crippen molar-refractivity contribution in [3.63, 3.8) is 0 Å². The maximum Gasteiger partial charge on any atom is 0.302 e. The number of hydrogen-bond acceptors (Lipinski definition) is 5. The molecule has 1 saturated carbocycles. The third-order valence-corrected chi connectivity index (χ3v) is 8.31. The van der Waals surface area contributed by atoms with Crippen LogP contribution < -0.4 is 0 Å². The smallest absolute Gasteiger partial charge is 0.302 e. The third kappa shape index (κ3) is 2.71. The molecule has 0 aromatic heterocycles. The molecular formula is C22H34O5. The van der Waals surface area contributed by atoms with Gasteiger partial charge in [0.25, 0.3) is 0 Å². The Balaban J connectivity index is 1.60. The molecule has 0 radical (unpaired) electrons. The summed E-state index contributed by atoms with van der Waals surface area (Å²) < 4.78 is 25.7. The van der Waals surface area contributed by atoms with Gasteiger partial charge in [-0.3, -0.25) is 4.79 Å². The lowest BCUT2D eigenvalue weighted by molar-refractivity contribution is -0.224. The minimum atomic E-state index is -0.321. The predicted octanol–water partition coefficient (Wildman–Crippen LogP) is 3.34. The largest absolute Gasteiger partial charge is 0.462 e. The van der Waals surface area contributed by atoms with Crippen LogP contribution in [0.25, 0.3) is 0 Å². The van der Waals surface area contributed by atoms with E-state index in [1.165, 1.54) is 6.92 Å². The Hall–Kier alpha value is -0.650. The molecule has 6 rings (SSSR count). The molecule has 5 saturated heterocycles. The Morgan fingerprint density at radius 2 is 1.81 bits per heavy atom. The zero-order valence-corrected chi connectivity index (χ0v) is 17.3. The van der Waals surface area contributed by atoms with Crippen LogP contribution in [-0.4, -0.2) is 48.2 Å². The van der Waals surface area contributed by atoms with E-state index in [2.05, 4.69) is 27.7 Å². The van der Waals surface area contributed by atoms with Crippen LogP contribution in [0.4, 0.5) is 0 Å². The van der Waals surface area contributed by atoms with Gasteiger partial charge < -0.3 is 18.9 Å². The second kappa shape index (κ2) is 5.93. The lowest BCUT2D eigenvalue weighted by Gasteiger charge is -2.52. The molecule has 5 heteroatoms. The lowest BCUT2D eigenvalue weighted by atomic mass is 9.58. The van der Waals surface area contributed by atoms with Crippen LogP contribution in [-0.2, 0) is 23.7 Å². The number of ether oxygens (including phenoxy) is 4. The molecule has 6 aliphatic rings. The first-order chi connectivity index (χ1) is 12.7. The van der Waals surface area contributed by atoms with E-state index in [9.17, 15) is 4.79 Å². The maximum atomic E-state index is 11.9. The summed E-state index contributed by atoms with van der Waals surface area (Å²) in [4.78, 5) is 11.9. The summed E-state index contributed by atoms with van der Waals surface area (Å²) in [5.41, 5.74) is -0.436. The van der Waals surface area contributed by atoms with Crippen LogP contribution in [0.2, 0.25) is 0 Å². The molecule has 1 aliphatic carbocycles. The van der Waals surface area contributed by atoms with Crippen molar-refractivity contribution in [2.75, 3.05) is 6.61 Å². The fourth-order valence-electron chi connectivity index (χ4n) is 7.29. The molecule has 6 fully saturated rings. The SMILES string of the molecule is CC(=O)O[C@H]1[C@@H]2[C@@H]3[C@H](C[C@H]1C)[C@@H](C)CO[C@@]1(C)C[C@@H]4C[C@](C)(C[C@@H]2O[C@@H]31)O4. The standard InChI is InChI=1S/C22H34O5/c1-11-6-15-12(2)10-24-22(5)8-14-7-21(4,27-14)9-16-18(17(15)20(22)26-16)19(11)25-13(3)23/h11-12,14-20H,6-10H2,1-5H3/t11-,12+,14+,15-,16+,17+,18+,19-,20+,21-,22+/m1/s1. The van der Waals surface area contributed by atoms with Crippen molar-refractivity contribution in [3.8, 4) is 0 Å². The van der Waals surface area contributed by atoms with Crippen molar-refractivity contribution in [2.24, 2.45) is 29.6 Å². The predicted molar refractivity (Wildman–Crippen MR) is 99.1 cm³/mol. The third-order valence-electron chi connectivity index (χ3n) is 8.31. The average Bonchev–Trinajstić information content (AvgIpc) is 2.91. The van der Waals surface area contributed by atoms with Gasteiger partial charge in [0.2, 0.25) is 0 Å². The van der Waals surface area contributed by atoms with Crippen molar-refractivity contribution in [1.82, 2.24) is 0 Å². The van der Waals surface area contributed by atoms with Gasteiger partial charge in [0.15, 0.2) is 0 Å². The summed E-state index contributed by atoms with van der Waals surface area (Å²) >= 11 is 0. The first kappa shape index (κ1) is 18.4. The van der Waals surface area contributed by atoms with E-state index >= 15 is 0 Å². The van der Waals surface area contributed by atoms with E-state index < -0.39 is 0 Å². The van der Waals surface area contributed by atoms with Gasteiger partial charge in [-0.2, -0.15) is 0 Å². The van der Waals surface area contributed by atoms with Crippen molar-refractivity contribution in [1.29, 1.82) is 0 Å². The summed E-state index contributed by atoms with van der Waals surface area (Å²) in [5, 5.41) is 0. The van der Waals surface area contributed by atoms with Gasteiger partial charge in [-0.05, 0) is 43.9 Å². The van der Waals surface area contributed by atoms with Crippen LogP contribution >= 0.6 is 0 Å². The zero-order chi connectivity index (χ0) is 19.1. The zero-order valence-electron chi connectivity index (χ0n) is 17.3. The highest BCUT2D eigenvalue weighted by Crippen LogP contribution is 2.59. The van der Waals surface area contributed by atoms with E-state index in [1.807, 2.05) is 0 Å². The highest BCUT2D eigenvalue weighted by atomic mass is 16.6. The minimum absolute atomic E-state index is 0.0628. The summed E-state index contributed by atoms with van der Waals surface area (Å²) in [5.74, 6) is 1.89. The Labute approximate surface area is 162 Å². The molecule has 11 atom stereocenters. The van der Waals surface area contributed by atoms with Gasteiger partial charge in [0.05, 0.1) is 36.1 Å². The van der Waals surface area contributed by atoms with Crippen molar-refractivity contribution >= 4 is 5.97 Å². The second-order valence-corrected chi connectivity index (χ2v) is 10.6. The number of hydrogen-bond donors (Lipinski definition) is 0. The van der Waals surface area contributed by atoms with Crippen molar-refractivity contribution < 1.29 is 23.7 Å². The lowest BCUT2D eigenvalue weighted by Crippen LogP contribution is -2.58. The van der Waals surface area contributed by atoms with Gasteiger partial charge in [-0.1, -0.05) is 13.8 Å². The quantitative estimate of drug-likeness (QED) is 0.655. The Morgan fingerprint density at radius 3 is 2.52 bits per heavy atom. The van der Waals surface area contributed by atoms with Crippen LogP contribution in [0.15, 0.2) is 0 Å². The van der Waals surface area contributed by atoms with E-state index in [0.29, 0.717) is 23.7 Å². The van der Waals surface area contributed by atoms with Crippen LogP contribution in [0.1, 0.15) is 60.3 Å². The Kier molecular flexibility index (Phi) is 4.04. The Morgan fingerprint density at radius 1 is 1.07 bits per heavy atom. The molecule has 5 heterocycles. The topological polar surface area (TPSA) is 54.0 Å². The summed E-state index contributed by atoms with van der Waals surface area (Å²) in [7, 11) is 0. The Bertz CT molecular complexity index is 628.